The van der Waals surface area contributed by atoms with Gasteiger partial charge >= 0.3 is 5.88 Å². The van der Waals surface area contributed by atoms with Crippen LogP contribution in [0.5, 0.6) is 0 Å². The summed E-state index contributed by atoms with van der Waals surface area (Å²) in [5.41, 5.74) is 2.04. The third-order valence-corrected chi connectivity index (χ3v) is 3.49. The van der Waals surface area contributed by atoms with Crippen molar-refractivity contribution in [2.45, 2.75) is 6.92 Å². The second-order valence-corrected chi connectivity index (χ2v) is 5.20. The standard InChI is InChI=1S/C15H9ClN4O3/c1-9-2-3-12(11(16)6-9)19-8-10(7-17)15(18-19)13-4-5-14(23-13)20(21)22/h2-6,8H,1H3. The normalized spacial score (nSPS) is 10.5. The molecule has 0 amide bonds. The van der Waals surface area contributed by atoms with E-state index < -0.39 is 10.8 Å². The fourth-order valence-corrected chi connectivity index (χ4v) is 2.43. The number of hydrogen-bond donors (Lipinski definition) is 0. The first-order chi connectivity index (χ1) is 11.0. The van der Waals surface area contributed by atoms with Crippen molar-refractivity contribution < 1.29 is 9.34 Å². The van der Waals surface area contributed by atoms with Crippen LogP contribution >= 0.6 is 11.6 Å². The highest BCUT2D eigenvalue weighted by Crippen LogP contribution is 2.29. The minimum absolute atomic E-state index is 0.148. The first-order valence-electron chi connectivity index (χ1n) is 6.50. The van der Waals surface area contributed by atoms with Crippen molar-refractivity contribution in [3.05, 3.63) is 62.8 Å². The fourth-order valence-electron chi connectivity index (χ4n) is 2.11. The van der Waals surface area contributed by atoms with E-state index in [0.29, 0.717) is 10.7 Å². The number of benzene rings is 1. The molecule has 3 rings (SSSR count). The number of furan rings is 1. The van der Waals surface area contributed by atoms with Crippen molar-refractivity contribution in [2.75, 3.05) is 0 Å². The molecule has 23 heavy (non-hydrogen) atoms. The number of hydrogen-bond acceptors (Lipinski definition) is 5. The molecule has 0 radical (unpaired) electrons. The Morgan fingerprint density at radius 3 is 2.78 bits per heavy atom. The summed E-state index contributed by atoms with van der Waals surface area (Å²) in [5, 5.41) is 24.7. The summed E-state index contributed by atoms with van der Waals surface area (Å²) >= 11 is 6.20. The molecule has 0 bridgehead atoms. The topological polar surface area (TPSA) is 97.9 Å². The van der Waals surface area contributed by atoms with Crippen LogP contribution in [0.1, 0.15) is 11.1 Å². The van der Waals surface area contributed by atoms with Crippen LogP contribution in [0.2, 0.25) is 5.02 Å². The molecule has 0 unspecified atom stereocenters. The largest absolute Gasteiger partial charge is 0.433 e. The number of nitriles is 1. The summed E-state index contributed by atoms with van der Waals surface area (Å²) in [6, 6.07) is 10.0. The number of aromatic nitrogens is 2. The van der Waals surface area contributed by atoms with Crippen LogP contribution in [-0.4, -0.2) is 14.7 Å². The van der Waals surface area contributed by atoms with E-state index in [9.17, 15) is 15.4 Å². The van der Waals surface area contributed by atoms with Gasteiger partial charge in [0.25, 0.3) is 0 Å². The molecule has 8 heteroatoms. The van der Waals surface area contributed by atoms with Crippen molar-refractivity contribution in [3.63, 3.8) is 0 Å². The van der Waals surface area contributed by atoms with Gasteiger partial charge in [0.05, 0.1) is 16.8 Å². The first kappa shape index (κ1) is 14.8. The molecule has 0 aliphatic rings. The van der Waals surface area contributed by atoms with Gasteiger partial charge in [-0.1, -0.05) is 17.7 Å². The Hall–Kier alpha value is -3.11. The second kappa shape index (κ2) is 5.59. The van der Waals surface area contributed by atoms with Crippen molar-refractivity contribution in [1.29, 1.82) is 5.26 Å². The quantitative estimate of drug-likeness (QED) is 0.536. The summed E-state index contributed by atoms with van der Waals surface area (Å²) < 4.78 is 6.56. The Morgan fingerprint density at radius 1 is 1.39 bits per heavy atom. The Bertz CT molecular complexity index is 952. The molecule has 1 aromatic carbocycles. The second-order valence-electron chi connectivity index (χ2n) is 4.80. The van der Waals surface area contributed by atoms with Gasteiger partial charge in [0.2, 0.25) is 0 Å². The first-order valence-corrected chi connectivity index (χ1v) is 6.88. The molecular weight excluding hydrogens is 320 g/mol. The number of rotatable bonds is 3. The molecule has 114 valence electrons. The van der Waals surface area contributed by atoms with Crippen LogP contribution in [-0.2, 0) is 0 Å². The van der Waals surface area contributed by atoms with E-state index in [4.69, 9.17) is 16.0 Å². The molecule has 3 aromatic rings. The van der Waals surface area contributed by atoms with E-state index in [1.165, 1.54) is 23.0 Å². The molecule has 0 saturated carbocycles. The van der Waals surface area contributed by atoms with Gasteiger partial charge in [-0.05, 0) is 30.7 Å². The van der Waals surface area contributed by atoms with Gasteiger partial charge in [-0.15, -0.1) is 0 Å². The van der Waals surface area contributed by atoms with Crippen molar-refractivity contribution in [1.82, 2.24) is 9.78 Å². The number of nitrogens with zero attached hydrogens (tertiary/aromatic N) is 4. The van der Waals surface area contributed by atoms with Crippen LogP contribution in [0.15, 0.2) is 40.9 Å². The van der Waals surface area contributed by atoms with Crippen LogP contribution in [0, 0.1) is 28.4 Å². The number of nitro groups is 1. The highest BCUT2D eigenvalue weighted by molar-refractivity contribution is 6.32. The van der Waals surface area contributed by atoms with E-state index in [2.05, 4.69) is 5.10 Å². The monoisotopic (exact) mass is 328 g/mol. The van der Waals surface area contributed by atoms with E-state index in [-0.39, 0.29) is 17.0 Å². The van der Waals surface area contributed by atoms with Crippen LogP contribution in [0.25, 0.3) is 17.1 Å². The molecule has 0 aliphatic carbocycles. The maximum atomic E-state index is 10.7. The SMILES string of the molecule is Cc1ccc(-n2cc(C#N)c(-c3ccc([N+](=O)[O-])o3)n2)c(Cl)c1. The lowest BCUT2D eigenvalue weighted by Gasteiger charge is -2.04. The Kier molecular flexibility index (Phi) is 3.60. The maximum absolute atomic E-state index is 10.7. The smallest absolute Gasteiger partial charge is 0.399 e. The fraction of sp³-hybridized carbons (Fsp3) is 0.0667. The molecule has 7 nitrogen and oxygen atoms in total. The summed E-state index contributed by atoms with van der Waals surface area (Å²) in [6.45, 7) is 1.91. The predicted octanol–water partition coefficient (Wildman–Crippen LogP) is 3.87. The third-order valence-electron chi connectivity index (χ3n) is 3.19. The Labute approximate surface area is 135 Å². The highest BCUT2D eigenvalue weighted by atomic mass is 35.5. The third kappa shape index (κ3) is 2.67. The predicted molar refractivity (Wildman–Crippen MR) is 82.4 cm³/mol. The van der Waals surface area contributed by atoms with E-state index >= 15 is 0 Å². The molecule has 2 aromatic heterocycles. The molecular formula is C15H9ClN4O3. The van der Waals surface area contributed by atoms with E-state index in [1.54, 1.807) is 12.1 Å². The summed E-state index contributed by atoms with van der Waals surface area (Å²) in [7, 11) is 0. The lowest BCUT2D eigenvalue weighted by Crippen LogP contribution is -1.96. The minimum Gasteiger partial charge on any atom is -0.399 e. The summed E-state index contributed by atoms with van der Waals surface area (Å²) in [6.07, 6.45) is 1.50. The summed E-state index contributed by atoms with van der Waals surface area (Å²) in [5.74, 6) is -0.262. The molecule has 0 aliphatic heterocycles. The van der Waals surface area contributed by atoms with E-state index in [0.717, 1.165) is 5.56 Å². The van der Waals surface area contributed by atoms with Crippen molar-refractivity contribution in [3.8, 4) is 23.2 Å². The van der Waals surface area contributed by atoms with Crippen molar-refractivity contribution >= 4 is 17.5 Å². The average Bonchev–Trinajstić information content (AvgIpc) is 3.13. The molecule has 0 N–H and O–H groups in total. The van der Waals surface area contributed by atoms with Gasteiger partial charge in [-0.25, -0.2) is 4.68 Å². The van der Waals surface area contributed by atoms with Gasteiger partial charge in [-0.3, -0.25) is 10.1 Å². The van der Waals surface area contributed by atoms with Gasteiger partial charge in [0, 0.05) is 6.20 Å². The minimum atomic E-state index is -0.649. The van der Waals surface area contributed by atoms with Crippen molar-refractivity contribution in [2.24, 2.45) is 0 Å². The Morgan fingerprint density at radius 2 is 2.17 bits per heavy atom. The van der Waals surface area contributed by atoms with E-state index in [1.807, 2.05) is 19.1 Å². The molecule has 0 spiro atoms. The number of halogens is 1. The van der Waals surface area contributed by atoms with Gasteiger partial charge in [-0.2, -0.15) is 10.4 Å². The molecule has 0 saturated heterocycles. The average molecular weight is 329 g/mol. The highest BCUT2D eigenvalue weighted by Gasteiger charge is 2.19. The van der Waals surface area contributed by atoms with Crippen LogP contribution in [0.3, 0.4) is 0 Å². The van der Waals surface area contributed by atoms with Gasteiger partial charge in [0.15, 0.2) is 5.76 Å². The number of aryl methyl sites for hydroxylation is 1. The lowest BCUT2D eigenvalue weighted by molar-refractivity contribution is -0.401. The summed E-state index contributed by atoms with van der Waals surface area (Å²) in [4.78, 5) is 10.1. The maximum Gasteiger partial charge on any atom is 0.433 e. The van der Waals surface area contributed by atoms with Crippen LogP contribution < -0.4 is 0 Å². The zero-order valence-electron chi connectivity index (χ0n) is 11.9. The zero-order valence-corrected chi connectivity index (χ0v) is 12.6. The lowest BCUT2D eigenvalue weighted by atomic mass is 10.2. The molecule has 2 heterocycles. The molecule has 0 fully saturated rings. The van der Waals surface area contributed by atoms with Crippen LogP contribution in [0.4, 0.5) is 5.88 Å². The molecule has 0 atom stereocenters. The van der Waals surface area contributed by atoms with Gasteiger partial charge in [0.1, 0.15) is 22.2 Å². The van der Waals surface area contributed by atoms with Gasteiger partial charge < -0.3 is 4.42 Å². The Balaban J connectivity index is 2.11. The zero-order chi connectivity index (χ0) is 16.6.